The van der Waals surface area contributed by atoms with Gasteiger partial charge in [0.2, 0.25) is 0 Å². The van der Waals surface area contributed by atoms with Gasteiger partial charge in [0.25, 0.3) is 0 Å². The van der Waals surface area contributed by atoms with E-state index in [0.29, 0.717) is 17.4 Å². The fourth-order valence-electron chi connectivity index (χ4n) is 1.03. The van der Waals surface area contributed by atoms with Crippen molar-refractivity contribution in [3.8, 4) is 5.75 Å². The van der Waals surface area contributed by atoms with Crippen LogP contribution in [0.4, 0.5) is 0 Å². The number of thiocarbonyl (C=S) groups is 1. The van der Waals surface area contributed by atoms with Crippen LogP contribution in [0.1, 0.15) is 5.56 Å². The molecule has 0 atom stereocenters. The molecule has 2 nitrogen and oxygen atoms in total. The summed E-state index contributed by atoms with van der Waals surface area (Å²) >= 11 is 10.6. The van der Waals surface area contributed by atoms with Gasteiger partial charge in [0.05, 0.1) is 5.02 Å². The van der Waals surface area contributed by atoms with Crippen molar-refractivity contribution in [1.29, 1.82) is 0 Å². The van der Waals surface area contributed by atoms with E-state index in [1.807, 2.05) is 12.1 Å². The molecule has 1 aromatic rings. The van der Waals surface area contributed by atoms with Crippen molar-refractivity contribution in [3.05, 3.63) is 28.8 Å². The zero-order valence-corrected chi connectivity index (χ0v) is 7.61. The molecule has 0 unspecified atom stereocenters. The van der Waals surface area contributed by atoms with Gasteiger partial charge in [-0.05, 0) is 6.07 Å². The molecule has 4 heteroatoms. The summed E-state index contributed by atoms with van der Waals surface area (Å²) in [4.78, 5) is 0. The number of benzene rings is 1. The van der Waals surface area contributed by atoms with Crippen molar-refractivity contribution in [2.75, 3.05) is 0 Å². The van der Waals surface area contributed by atoms with Gasteiger partial charge in [0.1, 0.15) is 6.61 Å². The minimum absolute atomic E-state index is 0.135. The second kappa shape index (κ2) is 2.92. The first-order valence-corrected chi connectivity index (χ1v) is 4.18. The van der Waals surface area contributed by atoms with Crippen LogP contribution < -0.4 is 4.74 Å². The Morgan fingerprint density at radius 3 is 3.08 bits per heavy atom. The van der Waals surface area contributed by atoms with Gasteiger partial charge >= 0.3 is 5.24 Å². The predicted molar refractivity (Wildman–Crippen MR) is 49.5 cm³/mol. The molecule has 0 bridgehead atoms. The van der Waals surface area contributed by atoms with Gasteiger partial charge in [-0.2, -0.15) is 0 Å². The maximum absolute atomic E-state index is 5.87. The third-order valence-electron chi connectivity index (χ3n) is 1.58. The largest absolute Gasteiger partial charge is 0.452 e. The van der Waals surface area contributed by atoms with Gasteiger partial charge in [-0.3, -0.25) is 0 Å². The molecule has 12 heavy (non-hydrogen) atoms. The Morgan fingerprint density at radius 1 is 1.42 bits per heavy atom. The van der Waals surface area contributed by atoms with Gasteiger partial charge in [-0.25, -0.2) is 0 Å². The molecule has 62 valence electrons. The van der Waals surface area contributed by atoms with Crippen LogP contribution in [0.25, 0.3) is 0 Å². The molecule has 1 heterocycles. The number of halogens is 1. The van der Waals surface area contributed by atoms with E-state index >= 15 is 0 Å². The van der Waals surface area contributed by atoms with Crippen molar-refractivity contribution in [1.82, 2.24) is 0 Å². The lowest BCUT2D eigenvalue weighted by Crippen LogP contribution is -2.16. The third kappa shape index (κ3) is 1.26. The Kier molecular flexibility index (Phi) is 1.90. The van der Waals surface area contributed by atoms with Gasteiger partial charge in [0.15, 0.2) is 5.75 Å². The molecule has 2 rings (SSSR count). The van der Waals surface area contributed by atoms with Gasteiger partial charge < -0.3 is 9.47 Å². The summed E-state index contributed by atoms with van der Waals surface area (Å²) in [6.45, 7) is 0.439. The molecular weight excluding hydrogens is 196 g/mol. The fraction of sp³-hybridized carbons (Fsp3) is 0.125. The Labute approximate surface area is 80.0 Å². The van der Waals surface area contributed by atoms with Crippen LogP contribution in [0, 0.1) is 0 Å². The summed E-state index contributed by atoms with van der Waals surface area (Å²) in [5.74, 6) is 0.621. The molecule has 0 aromatic heterocycles. The summed E-state index contributed by atoms with van der Waals surface area (Å²) in [7, 11) is 0. The first kappa shape index (κ1) is 7.83. The highest BCUT2D eigenvalue weighted by atomic mass is 35.5. The molecule has 0 spiro atoms. The van der Waals surface area contributed by atoms with E-state index in [0.717, 1.165) is 5.56 Å². The van der Waals surface area contributed by atoms with E-state index in [1.165, 1.54) is 0 Å². The summed E-state index contributed by atoms with van der Waals surface area (Å²) in [5.41, 5.74) is 0.927. The topological polar surface area (TPSA) is 18.5 Å². The van der Waals surface area contributed by atoms with Crippen LogP contribution in [0.5, 0.6) is 5.75 Å². The molecule has 0 saturated carbocycles. The maximum atomic E-state index is 5.87. The number of ether oxygens (including phenoxy) is 2. The first-order valence-electron chi connectivity index (χ1n) is 3.39. The molecule has 1 aromatic carbocycles. The van der Waals surface area contributed by atoms with Gasteiger partial charge in [-0.15, -0.1) is 0 Å². The molecule has 0 radical (unpaired) electrons. The Morgan fingerprint density at radius 2 is 2.25 bits per heavy atom. The highest BCUT2D eigenvalue weighted by Gasteiger charge is 2.17. The zero-order valence-electron chi connectivity index (χ0n) is 6.04. The van der Waals surface area contributed by atoms with Crippen LogP contribution in [-0.4, -0.2) is 5.24 Å². The first-order chi connectivity index (χ1) is 5.77. The number of para-hydroxylation sites is 1. The summed E-state index contributed by atoms with van der Waals surface area (Å²) in [6.07, 6.45) is 0. The van der Waals surface area contributed by atoms with Crippen molar-refractivity contribution < 1.29 is 9.47 Å². The van der Waals surface area contributed by atoms with E-state index in [-0.39, 0.29) is 5.24 Å². The predicted octanol–water partition coefficient (Wildman–Crippen LogP) is 2.53. The molecular formula is C8H5ClO2S. The quantitative estimate of drug-likeness (QED) is 0.600. The molecule has 0 saturated heterocycles. The van der Waals surface area contributed by atoms with Crippen molar-refractivity contribution in [3.63, 3.8) is 0 Å². The van der Waals surface area contributed by atoms with Crippen LogP contribution in [0.3, 0.4) is 0 Å². The van der Waals surface area contributed by atoms with Gasteiger partial charge in [0, 0.05) is 17.8 Å². The van der Waals surface area contributed by atoms with Gasteiger partial charge in [-0.1, -0.05) is 23.7 Å². The van der Waals surface area contributed by atoms with E-state index in [4.69, 9.17) is 33.3 Å². The van der Waals surface area contributed by atoms with Crippen LogP contribution in [-0.2, 0) is 11.3 Å². The summed E-state index contributed by atoms with van der Waals surface area (Å²) in [5, 5.41) is 0.703. The Balaban J connectivity index is 2.50. The van der Waals surface area contributed by atoms with Crippen molar-refractivity contribution in [2.45, 2.75) is 6.61 Å². The molecule has 0 aliphatic carbocycles. The average molecular weight is 201 g/mol. The lowest BCUT2D eigenvalue weighted by atomic mass is 10.2. The van der Waals surface area contributed by atoms with Crippen LogP contribution in [0.2, 0.25) is 5.02 Å². The second-order valence-corrected chi connectivity index (χ2v) is 3.11. The van der Waals surface area contributed by atoms with E-state index < -0.39 is 0 Å². The fourth-order valence-corrected chi connectivity index (χ4v) is 1.41. The standard InChI is InChI=1S/C8H5ClO2S/c9-6-3-1-2-5-4-10-8(12)11-7(5)6/h1-3H,4H2. The molecule has 0 N–H and O–H groups in total. The third-order valence-corrected chi connectivity index (χ3v) is 2.08. The highest BCUT2D eigenvalue weighted by Crippen LogP contribution is 2.31. The van der Waals surface area contributed by atoms with E-state index in [1.54, 1.807) is 6.07 Å². The monoisotopic (exact) mass is 200 g/mol. The summed E-state index contributed by atoms with van der Waals surface area (Å²) in [6, 6.07) is 5.50. The highest BCUT2D eigenvalue weighted by molar-refractivity contribution is 7.79. The van der Waals surface area contributed by atoms with E-state index in [9.17, 15) is 0 Å². The average Bonchev–Trinajstić information content (AvgIpc) is 2.07. The van der Waals surface area contributed by atoms with Crippen molar-refractivity contribution in [2.24, 2.45) is 0 Å². The minimum atomic E-state index is 0.135. The molecule has 1 aliphatic rings. The van der Waals surface area contributed by atoms with E-state index in [2.05, 4.69) is 0 Å². The SMILES string of the molecule is S=C1OCc2cccc(Cl)c2O1. The van der Waals surface area contributed by atoms with Crippen molar-refractivity contribution >= 4 is 29.1 Å². The lowest BCUT2D eigenvalue weighted by Gasteiger charge is -2.18. The number of rotatable bonds is 0. The van der Waals surface area contributed by atoms with Crippen LogP contribution >= 0.6 is 23.8 Å². The second-order valence-electron chi connectivity index (χ2n) is 2.37. The molecule has 0 fully saturated rings. The molecule has 1 aliphatic heterocycles. The number of hydrogen-bond acceptors (Lipinski definition) is 3. The summed E-state index contributed by atoms with van der Waals surface area (Å²) < 4.78 is 10.1. The molecule has 0 amide bonds. The Hall–Kier alpha value is -0.800. The normalized spacial score (nSPS) is 14.6. The van der Waals surface area contributed by atoms with Crippen LogP contribution in [0.15, 0.2) is 18.2 Å². The Bertz CT molecular complexity index is 338. The zero-order chi connectivity index (χ0) is 8.55. The smallest absolute Gasteiger partial charge is 0.358 e. The minimum Gasteiger partial charge on any atom is -0.452 e. The maximum Gasteiger partial charge on any atom is 0.358 e. The number of hydrogen-bond donors (Lipinski definition) is 0. The number of fused-ring (bicyclic) bond motifs is 1. The lowest BCUT2D eigenvalue weighted by molar-refractivity contribution is 0.210.